The molecule has 0 atom stereocenters. The van der Waals surface area contributed by atoms with Crippen LogP contribution in [0.3, 0.4) is 0 Å². The molecule has 0 aromatic carbocycles. The van der Waals surface area contributed by atoms with E-state index in [2.05, 4.69) is 20.1 Å². The van der Waals surface area contributed by atoms with E-state index in [1.807, 2.05) is 20.0 Å². The lowest BCUT2D eigenvalue weighted by Crippen LogP contribution is -1.98. The summed E-state index contributed by atoms with van der Waals surface area (Å²) in [6.45, 7) is 1.93. The molecular formula is C8H9N5S. The number of aromatic nitrogens is 5. The van der Waals surface area contributed by atoms with Gasteiger partial charge in [0, 0.05) is 12.7 Å². The van der Waals surface area contributed by atoms with Gasteiger partial charge in [0.25, 0.3) is 0 Å². The highest BCUT2D eigenvalue weighted by Gasteiger charge is 2.05. The van der Waals surface area contributed by atoms with E-state index in [-0.39, 0.29) is 0 Å². The summed E-state index contributed by atoms with van der Waals surface area (Å²) in [4.78, 5) is 11.2. The van der Waals surface area contributed by atoms with E-state index in [9.17, 15) is 0 Å². The number of nitrogens with zero attached hydrogens (tertiary/aromatic N) is 4. The standard InChI is InChI=1S/C8H9N5S/c1-5-3-6(12-8(14)11-5)7-9-4-10-13(7)2/h3-4H,1-2H3,(H,11,12,14). The highest BCUT2D eigenvalue weighted by molar-refractivity contribution is 7.71. The van der Waals surface area contributed by atoms with E-state index < -0.39 is 0 Å². The van der Waals surface area contributed by atoms with Gasteiger partial charge in [0.1, 0.15) is 12.0 Å². The van der Waals surface area contributed by atoms with Crippen LogP contribution in [0.2, 0.25) is 0 Å². The Kier molecular flexibility index (Phi) is 2.12. The molecule has 0 saturated carbocycles. The molecule has 6 heteroatoms. The molecule has 0 radical (unpaired) electrons. The van der Waals surface area contributed by atoms with Crippen LogP contribution in [0.15, 0.2) is 12.4 Å². The summed E-state index contributed by atoms with van der Waals surface area (Å²) in [7, 11) is 1.82. The highest BCUT2D eigenvalue weighted by atomic mass is 32.1. The zero-order chi connectivity index (χ0) is 10.1. The lowest BCUT2D eigenvalue weighted by Gasteiger charge is -2.00. The first-order valence-corrected chi connectivity index (χ1v) is 4.50. The molecule has 2 aromatic rings. The van der Waals surface area contributed by atoms with E-state index in [0.717, 1.165) is 11.4 Å². The largest absolute Gasteiger partial charge is 0.335 e. The molecule has 2 rings (SSSR count). The molecule has 0 amide bonds. The molecule has 0 aliphatic rings. The number of aryl methyl sites for hydroxylation is 2. The molecule has 0 fully saturated rings. The van der Waals surface area contributed by atoms with Gasteiger partial charge in [-0.15, -0.1) is 0 Å². The lowest BCUT2D eigenvalue weighted by molar-refractivity contribution is 0.770. The van der Waals surface area contributed by atoms with Gasteiger partial charge in [-0.3, -0.25) is 0 Å². The Balaban J connectivity index is 2.63. The summed E-state index contributed by atoms with van der Waals surface area (Å²) in [6, 6.07) is 1.89. The SMILES string of the molecule is Cc1cc(-c2ncnn2C)nc(=S)[nH]1. The zero-order valence-corrected chi connectivity index (χ0v) is 8.67. The van der Waals surface area contributed by atoms with Gasteiger partial charge in [0.15, 0.2) is 10.6 Å². The number of hydrogen-bond donors (Lipinski definition) is 1. The molecule has 0 bridgehead atoms. The van der Waals surface area contributed by atoms with Crippen molar-refractivity contribution in [1.29, 1.82) is 0 Å². The van der Waals surface area contributed by atoms with Gasteiger partial charge in [-0.1, -0.05) is 0 Å². The molecule has 0 spiro atoms. The number of rotatable bonds is 1. The van der Waals surface area contributed by atoms with Crippen LogP contribution in [-0.2, 0) is 7.05 Å². The van der Waals surface area contributed by atoms with Crippen molar-refractivity contribution in [3.05, 3.63) is 22.9 Å². The van der Waals surface area contributed by atoms with Gasteiger partial charge in [0.05, 0.1) is 0 Å². The van der Waals surface area contributed by atoms with Crippen molar-refractivity contribution in [1.82, 2.24) is 24.7 Å². The van der Waals surface area contributed by atoms with Crippen molar-refractivity contribution < 1.29 is 0 Å². The quantitative estimate of drug-likeness (QED) is 0.715. The van der Waals surface area contributed by atoms with Crippen molar-refractivity contribution in [2.45, 2.75) is 6.92 Å². The maximum absolute atomic E-state index is 4.98. The Hall–Kier alpha value is -1.56. The first-order valence-electron chi connectivity index (χ1n) is 4.09. The number of hydrogen-bond acceptors (Lipinski definition) is 4. The average Bonchev–Trinajstić information content (AvgIpc) is 2.49. The van der Waals surface area contributed by atoms with Crippen molar-refractivity contribution in [3.63, 3.8) is 0 Å². The van der Waals surface area contributed by atoms with E-state index in [0.29, 0.717) is 10.6 Å². The second-order valence-electron chi connectivity index (χ2n) is 2.96. The van der Waals surface area contributed by atoms with E-state index in [1.165, 1.54) is 6.33 Å². The summed E-state index contributed by atoms with van der Waals surface area (Å²) < 4.78 is 2.12. The summed E-state index contributed by atoms with van der Waals surface area (Å²) in [5, 5.41) is 3.97. The fourth-order valence-corrected chi connectivity index (χ4v) is 1.48. The van der Waals surface area contributed by atoms with Crippen LogP contribution >= 0.6 is 12.2 Å². The molecule has 0 aliphatic heterocycles. The number of nitrogens with one attached hydrogen (secondary N) is 1. The molecule has 5 nitrogen and oxygen atoms in total. The Bertz CT molecular complexity index is 512. The summed E-state index contributed by atoms with van der Waals surface area (Å²) >= 11 is 4.98. The van der Waals surface area contributed by atoms with Crippen molar-refractivity contribution in [3.8, 4) is 11.5 Å². The van der Waals surface area contributed by atoms with E-state index in [4.69, 9.17) is 12.2 Å². The fourth-order valence-electron chi connectivity index (χ4n) is 1.22. The topological polar surface area (TPSA) is 59.4 Å². The molecule has 1 N–H and O–H groups in total. The van der Waals surface area contributed by atoms with Crippen molar-refractivity contribution >= 4 is 12.2 Å². The minimum atomic E-state index is 0.461. The lowest BCUT2D eigenvalue weighted by atomic mass is 10.3. The molecule has 72 valence electrons. The molecule has 0 saturated heterocycles. The van der Waals surface area contributed by atoms with E-state index in [1.54, 1.807) is 4.68 Å². The molecule has 0 aliphatic carbocycles. The summed E-state index contributed by atoms with van der Waals surface area (Å²) in [6.07, 6.45) is 1.49. The van der Waals surface area contributed by atoms with Gasteiger partial charge in [-0.2, -0.15) is 5.10 Å². The van der Waals surface area contributed by atoms with Crippen LogP contribution in [0.5, 0.6) is 0 Å². The second kappa shape index (κ2) is 3.30. The van der Waals surface area contributed by atoms with Crippen LogP contribution in [-0.4, -0.2) is 24.7 Å². The minimum Gasteiger partial charge on any atom is -0.335 e. The highest BCUT2D eigenvalue weighted by Crippen LogP contribution is 2.12. The Morgan fingerprint density at radius 1 is 1.50 bits per heavy atom. The Morgan fingerprint density at radius 3 is 2.86 bits per heavy atom. The van der Waals surface area contributed by atoms with Crippen molar-refractivity contribution in [2.24, 2.45) is 7.05 Å². The van der Waals surface area contributed by atoms with Crippen molar-refractivity contribution in [2.75, 3.05) is 0 Å². The predicted octanol–water partition coefficient (Wildman–Crippen LogP) is 1.24. The maximum Gasteiger partial charge on any atom is 0.197 e. The molecule has 14 heavy (non-hydrogen) atoms. The predicted molar refractivity (Wildman–Crippen MR) is 54.2 cm³/mol. The number of H-pyrrole nitrogens is 1. The molecular weight excluding hydrogens is 198 g/mol. The third-order valence-corrected chi connectivity index (χ3v) is 2.01. The Labute approximate surface area is 85.8 Å². The van der Waals surface area contributed by atoms with Gasteiger partial charge in [-0.05, 0) is 25.2 Å². The van der Waals surface area contributed by atoms with Crippen LogP contribution in [0.1, 0.15) is 5.69 Å². The first-order chi connectivity index (χ1) is 6.66. The van der Waals surface area contributed by atoms with Gasteiger partial charge < -0.3 is 4.98 Å². The number of aromatic amines is 1. The van der Waals surface area contributed by atoms with Crippen LogP contribution in [0, 0.1) is 11.7 Å². The van der Waals surface area contributed by atoms with Gasteiger partial charge in [-0.25, -0.2) is 14.6 Å². The first kappa shape index (κ1) is 9.01. The van der Waals surface area contributed by atoms with Crippen LogP contribution in [0.25, 0.3) is 11.5 Å². The van der Waals surface area contributed by atoms with Gasteiger partial charge in [0.2, 0.25) is 0 Å². The fraction of sp³-hybridized carbons (Fsp3) is 0.250. The van der Waals surface area contributed by atoms with Crippen LogP contribution in [0.4, 0.5) is 0 Å². The molecule has 2 aromatic heterocycles. The smallest absolute Gasteiger partial charge is 0.197 e. The minimum absolute atomic E-state index is 0.461. The third kappa shape index (κ3) is 1.56. The maximum atomic E-state index is 4.98. The molecule has 2 heterocycles. The Morgan fingerprint density at radius 2 is 2.29 bits per heavy atom. The average molecular weight is 207 g/mol. The summed E-state index contributed by atoms with van der Waals surface area (Å²) in [5.41, 5.74) is 1.70. The monoisotopic (exact) mass is 207 g/mol. The van der Waals surface area contributed by atoms with Gasteiger partial charge >= 0.3 is 0 Å². The van der Waals surface area contributed by atoms with Crippen LogP contribution < -0.4 is 0 Å². The zero-order valence-electron chi connectivity index (χ0n) is 7.85. The summed E-state index contributed by atoms with van der Waals surface area (Å²) in [5.74, 6) is 0.716. The second-order valence-corrected chi connectivity index (χ2v) is 3.35. The molecule has 0 unspecified atom stereocenters. The van der Waals surface area contributed by atoms with E-state index >= 15 is 0 Å². The normalized spacial score (nSPS) is 10.4. The third-order valence-electron chi connectivity index (χ3n) is 1.82.